The maximum atomic E-state index is 5.74. The van der Waals surface area contributed by atoms with Gasteiger partial charge < -0.3 is 10.1 Å². The number of hydrogen-bond donors (Lipinski definition) is 1. The Morgan fingerprint density at radius 2 is 1.86 bits per heavy atom. The van der Waals surface area contributed by atoms with E-state index in [0.29, 0.717) is 12.0 Å². The van der Waals surface area contributed by atoms with E-state index in [0.717, 1.165) is 12.3 Å². The molecule has 1 N–H and O–H groups in total. The predicted octanol–water partition coefficient (Wildman–Crippen LogP) is 5.18. The highest BCUT2D eigenvalue weighted by Crippen LogP contribution is 2.37. The molecule has 1 aromatic rings. The lowest BCUT2D eigenvalue weighted by Gasteiger charge is -2.29. The van der Waals surface area contributed by atoms with Crippen molar-refractivity contribution in [3.05, 3.63) is 28.8 Å². The fourth-order valence-electron chi connectivity index (χ4n) is 3.15. The Morgan fingerprint density at radius 1 is 1.14 bits per heavy atom. The summed E-state index contributed by atoms with van der Waals surface area (Å²) in [5.74, 6) is 1.73. The maximum Gasteiger partial charge on any atom is 0.126 e. The van der Waals surface area contributed by atoms with E-state index in [9.17, 15) is 0 Å². The molecule has 0 aliphatic heterocycles. The van der Waals surface area contributed by atoms with Crippen LogP contribution >= 0.6 is 0 Å². The summed E-state index contributed by atoms with van der Waals surface area (Å²) in [6.07, 6.45) is 5.04. The number of unbranched alkanes of at least 4 members (excludes halogenated alkanes) is 1. The third kappa shape index (κ3) is 4.47. The summed E-state index contributed by atoms with van der Waals surface area (Å²) in [4.78, 5) is 0. The van der Waals surface area contributed by atoms with E-state index in [1.165, 1.54) is 42.4 Å². The van der Waals surface area contributed by atoms with Crippen molar-refractivity contribution in [2.45, 2.75) is 66.3 Å². The van der Waals surface area contributed by atoms with Crippen molar-refractivity contribution in [2.24, 2.45) is 5.92 Å². The molecule has 2 unspecified atom stereocenters. The van der Waals surface area contributed by atoms with Gasteiger partial charge in [0, 0.05) is 11.6 Å². The smallest absolute Gasteiger partial charge is 0.126 e. The first-order chi connectivity index (χ1) is 10.1. The molecule has 21 heavy (non-hydrogen) atoms. The molecule has 0 aliphatic rings. The second kappa shape index (κ2) is 9.09. The zero-order chi connectivity index (χ0) is 15.8. The van der Waals surface area contributed by atoms with Crippen LogP contribution in [0.2, 0.25) is 0 Å². The highest BCUT2D eigenvalue weighted by atomic mass is 16.5. The van der Waals surface area contributed by atoms with Crippen LogP contribution in [0.15, 0.2) is 12.1 Å². The minimum absolute atomic E-state index is 0.390. The van der Waals surface area contributed by atoms with Crippen LogP contribution in [0.1, 0.15) is 69.2 Å². The van der Waals surface area contributed by atoms with Gasteiger partial charge in [-0.2, -0.15) is 0 Å². The van der Waals surface area contributed by atoms with Crippen molar-refractivity contribution in [1.82, 2.24) is 5.32 Å². The Bertz CT molecular complexity index is 428. The maximum absolute atomic E-state index is 5.74. The van der Waals surface area contributed by atoms with E-state index in [2.05, 4.69) is 52.1 Å². The molecule has 2 atom stereocenters. The Hall–Kier alpha value is -1.02. The lowest BCUT2D eigenvalue weighted by Crippen LogP contribution is -2.28. The van der Waals surface area contributed by atoms with Gasteiger partial charge in [0.2, 0.25) is 0 Å². The number of rotatable bonds is 9. The zero-order valence-electron chi connectivity index (χ0n) is 14.8. The lowest BCUT2D eigenvalue weighted by molar-refractivity contribution is 0.314. The minimum Gasteiger partial charge on any atom is -0.496 e. The molecule has 0 saturated heterocycles. The van der Waals surface area contributed by atoms with Crippen LogP contribution < -0.4 is 10.1 Å². The number of hydrogen-bond acceptors (Lipinski definition) is 2. The largest absolute Gasteiger partial charge is 0.496 e. The van der Waals surface area contributed by atoms with Crippen molar-refractivity contribution in [1.29, 1.82) is 0 Å². The molecule has 0 aromatic heterocycles. The topological polar surface area (TPSA) is 21.3 Å². The Kier molecular flexibility index (Phi) is 7.81. The third-order valence-corrected chi connectivity index (χ3v) is 4.59. The van der Waals surface area contributed by atoms with Crippen LogP contribution in [-0.4, -0.2) is 13.7 Å². The second-order valence-corrected chi connectivity index (χ2v) is 5.98. The average molecular weight is 291 g/mol. The van der Waals surface area contributed by atoms with Crippen molar-refractivity contribution < 1.29 is 4.74 Å². The summed E-state index contributed by atoms with van der Waals surface area (Å²) in [7, 11) is 1.79. The van der Waals surface area contributed by atoms with E-state index >= 15 is 0 Å². The van der Waals surface area contributed by atoms with Crippen molar-refractivity contribution in [2.75, 3.05) is 13.7 Å². The molecule has 2 heteroatoms. The van der Waals surface area contributed by atoms with Crippen molar-refractivity contribution in [3.63, 3.8) is 0 Å². The lowest BCUT2D eigenvalue weighted by atomic mass is 9.85. The number of benzene rings is 1. The molecule has 0 saturated carbocycles. The van der Waals surface area contributed by atoms with Gasteiger partial charge in [0.15, 0.2) is 0 Å². The second-order valence-electron chi connectivity index (χ2n) is 5.98. The molecular formula is C19H33NO. The highest BCUT2D eigenvalue weighted by Gasteiger charge is 2.24. The van der Waals surface area contributed by atoms with E-state index in [4.69, 9.17) is 4.74 Å². The SMILES string of the molecule is CCCCC(CC)C(NCC)c1ccc(C)c(C)c1OC. The third-order valence-electron chi connectivity index (χ3n) is 4.59. The number of ether oxygens (including phenoxy) is 1. The standard InChI is InChI=1S/C19H33NO/c1-7-10-11-16(8-2)18(20-9-3)17-13-12-14(4)15(5)19(17)21-6/h12-13,16,18,20H,7-11H2,1-6H3. The molecule has 1 aromatic carbocycles. The average Bonchev–Trinajstić information content (AvgIpc) is 2.49. The summed E-state index contributed by atoms with van der Waals surface area (Å²) in [6.45, 7) is 12.1. The summed E-state index contributed by atoms with van der Waals surface area (Å²) in [6, 6.07) is 4.87. The van der Waals surface area contributed by atoms with Crippen LogP contribution in [0.5, 0.6) is 5.75 Å². The minimum atomic E-state index is 0.390. The summed E-state index contributed by atoms with van der Waals surface area (Å²) < 4.78 is 5.74. The first-order valence-electron chi connectivity index (χ1n) is 8.48. The molecule has 1 rings (SSSR count). The van der Waals surface area contributed by atoms with Crippen molar-refractivity contribution in [3.8, 4) is 5.75 Å². The zero-order valence-corrected chi connectivity index (χ0v) is 14.8. The van der Waals surface area contributed by atoms with E-state index < -0.39 is 0 Å². The molecule has 0 fully saturated rings. The van der Waals surface area contributed by atoms with Gasteiger partial charge in [0.25, 0.3) is 0 Å². The van der Waals surface area contributed by atoms with Crippen LogP contribution in [0, 0.1) is 19.8 Å². The van der Waals surface area contributed by atoms with Gasteiger partial charge in [-0.15, -0.1) is 0 Å². The van der Waals surface area contributed by atoms with Crippen molar-refractivity contribution >= 4 is 0 Å². The van der Waals surface area contributed by atoms with Gasteiger partial charge in [0.1, 0.15) is 5.75 Å². The highest BCUT2D eigenvalue weighted by molar-refractivity contribution is 5.47. The quantitative estimate of drug-likeness (QED) is 0.677. The van der Waals surface area contributed by atoms with Gasteiger partial charge >= 0.3 is 0 Å². The molecule has 120 valence electrons. The number of aryl methyl sites for hydroxylation is 1. The molecule has 0 amide bonds. The van der Waals surface area contributed by atoms with Gasteiger partial charge in [-0.25, -0.2) is 0 Å². The van der Waals surface area contributed by atoms with Crippen LogP contribution in [-0.2, 0) is 0 Å². The summed E-state index contributed by atoms with van der Waals surface area (Å²) in [5, 5.41) is 3.70. The van der Waals surface area contributed by atoms with Gasteiger partial charge in [-0.1, -0.05) is 52.2 Å². The van der Waals surface area contributed by atoms with E-state index in [-0.39, 0.29) is 0 Å². The number of nitrogens with one attached hydrogen (secondary N) is 1. The summed E-state index contributed by atoms with van der Waals surface area (Å²) in [5.41, 5.74) is 3.89. The first-order valence-corrected chi connectivity index (χ1v) is 8.48. The van der Waals surface area contributed by atoms with Gasteiger partial charge in [0.05, 0.1) is 7.11 Å². The Labute approximate surface area is 131 Å². The Balaban J connectivity index is 3.17. The monoisotopic (exact) mass is 291 g/mol. The fourth-order valence-corrected chi connectivity index (χ4v) is 3.15. The van der Waals surface area contributed by atoms with E-state index in [1.807, 2.05) is 0 Å². The molecule has 0 spiro atoms. The van der Waals surface area contributed by atoms with Crippen LogP contribution in [0.4, 0.5) is 0 Å². The van der Waals surface area contributed by atoms with Gasteiger partial charge in [-0.3, -0.25) is 0 Å². The number of methoxy groups -OCH3 is 1. The first kappa shape index (κ1) is 18.0. The predicted molar refractivity (Wildman–Crippen MR) is 92.2 cm³/mol. The Morgan fingerprint density at radius 3 is 2.38 bits per heavy atom. The molecular weight excluding hydrogens is 258 g/mol. The molecule has 0 aliphatic carbocycles. The normalized spacial score (nSPS) is 14.0. The molecule has 0 radical (unpaired) electrons. The fraction of sp³-hybridized carbons (Fsp3) is 0.684. The van der Waals surface area contributed by atoms with E-state index in [1.54, 1.807) is 7.11 Å². The van der Waals surface area contributed by atoms with Gasteiger partial charge in [-0.05, 0) is 43.9 Å². The molecule has 2 nitrogen and oxygen atoms in total. The van der Waals surface area contributed by atoms with Crippen LogP contribution in [0.25, 0.3) is 0 Å². The molecule has 0 heterocycles. The van der Waals surface area contributed by atoms with Crippen LogP contribution in [0.3, 0.4) is 0 Å². The molecule has 0 bridgehead atoms. The summed E-state index contributed by atoms with van der Waals surface area (Å²) >= 11 is 0.